The number of methoxy groups -OCH3 is 1. The van der Waals surface area contributed by atoms with Crippen molar-refractivity contribution < 1.29 is 9.47 Å². The summed E-state index contributed by atoms with van der Waals surface area (Å²) in [5.74, 6) is 1.26. The zero-order valence-electron chi connectivity index (χ0n) is 14.4. The Morgan fingerprint density at radius 1 is 1.23 bits per heavy atom. The van der Waals surface area contributed by atoms with E-state index in [2.05, 4.69) is 19.9 Å². The van der Waals surface area contributed by atoms with E-state index in [1.54, 1.807) is 31.8 Å². The van der Waals surface area contributed by atoms with Gasteiger partial charge in [0.1, 0.15) is 17.6 Å². The Labute approximate surface area is 150 Å². The maximum Gasteiger partial charge on any atom is 0.316 e. The van der Waals surface area contributed by atoms with Crippen molar-refractivity contribution in [3.63, 3.8) is 0 Å². The van der Waals surface area contributed by atoms with E-state index in [4.69, 9.17) is 9.47 Å². The Bertz CT molecular complexity index is 957. The molecular formula is C18H19N5O3. The first-order chi connectivity index (χ1) is 12.7. The van der Waals surface area contributed by atoms with E-state index in [1.807, 2.05) is 18.2 Å². The van der Waals surface area contributed by atoms with E-state index in [1.165, 1.54) is 4.40 Å². The molecule has 0 radical (unpaired) electrons. The van der Waals surface area contributed by atoms with E-state index >= 15 is 0 Å². The fourth-order valence-corrected chi connectivity index (χ4v) is 3.07. The van der Waals surface area contributed by atoms with Gasteiger partial charge in [-0.25, -0.2) is 4.98 Å². The quantitative estimate of drug-likeness (QED) is 0.704. The molecule has 0 bridgehead atoms. The first-order valence-electron chi connectivity index (χ1n) is 8.49. The number of hydrogen-bond donors (Lipinski definition) is 0. The second-order valence-corrected chi connectivity index (χ2v) is 6.11. The van der Waals surface area contributed by atoms with Crippen LogP contribution in [0.2, 0.25) is 0 Å². The van der Waals surface area contributed by atoms with Crippen LogP contribution in [0, 0.1) is 0 Å². The lowest BCUT2D eigenvalue weighted by molar-refractivity contribution is 0.163. The second-order valence-electron chi connectivity index (χ2n) is 6.11. The molecule has 134 valence electrons. The van der Waals surface area contributed by atoms with Gasteiger partial charge in [-0.1, -0.05) is 6.07 Å². The summed E-state index contributed by atoms with van der Waals surface area (Å²) in [6, 6.07) is 7.40. The van der Waals surface area contributed by atoms with Crippen LogP contribution in [0.25, 0.3) is 5.65 Å². The standard InChI is InChI=1S/C18H19N5O3/c1-25-14-10-19-18(20-11-14)26-13-5-4-7-22(12-13)16-9-17(24)23-8-3-2-6-15(23)21-16/h2-3,6,8-11,13H,4-5,7,12H2,1H3. The second kappa shape index (κ2) is 6.99. The molecule has 1 saturated heterocycles. The molecule has 3 aromatic heterocycles. The average Bonchev–Trinajstić information content (AvgIpc) is 2.69. The van der Waals surface area contributed by atoms with Crippen LogP contribution in [-0.2, 0) is 0 Å². The Balaban J connectivity index is 1.52. The number of aromatic nitrogens is 4. The van der Waals surface area contributed by atoms with Gasteiger partial charge in [0.15, 0.2) is 5.75 Å². The zero-order valence-corrected chi connectivity index (χ0v) is 14.4. The normalized spacial score (nSPS) is 17.3. The molecular weight excluding hydrogens is 334 g/mol. The van der Waals surface area contributed by atoms with E-state index in [0.29, 0.717) is 29.8 Å². The van der Waals surface area contributed by atoms with Gasteiger partial charge in [0.25, 0.3) is 5.56 Å². The SMILES string of the molecule is COc1cnc(OC2CCCN(c3cc(=O)n4ccccc4n3)C2)nc1. The molecule has 1 atom stereocenters. The minimum atomic E-state index is -0.0906. The van der Waals surface area contributed by atoms with Gasteiger partial charge >= 0.3 is 6.01 Å². The number of anilines is 1. The van der Waals surface area contributed by atoms with Crippen LogP contribution in [0.4, 0.5) is 5.82 Å². The predicted octanol–water partition coefficient (Wildman–Crippen LogP) is 1.54. The fraction of sp³-hybridized carbons (Fsp3) is 0.333. The number of ether oxygens (including phenoxy) is 2. The average molecular weight is 353 g/mol. The van der Waals surface area contributed by atoms with Crippen LogP contribution in [0.5, 0.6) is 11.8 Å². The fourth-order valence-electron chi connectivity index (χ4n) is 3.07. The first kappa shape index (κ1) is 16.3. The number of rotatable bonds is 4. The summed E-state index contributed by atoms with van der Waals surface area (Å²) in [5, 5.41) is 0. The third-order valence-corrected chi connectivity index (χ3v) is 4.37. The molecule has 0 spiro atoms. The maximum atomic E-state index is 12.3. The monoisotopic (exact) mass is 353 g/mol. The van der Waals surface area contributed by atoms with Crippen LogP contribution in [-0.4, -0.2) is 45.7 Å². The van der Waals surface area contributed by atoms with Gasteiger partial charge in [0, 0.05) is 18.8 Å². The Kier molecular flexibility index (Phi) is 4.39. The van der Waals surface area contributed by atoms with E-state index in [9.17, 15) is 4.79 Å². The molecule has 3 aromatic rings. The Hall–Kier alpha value is -3.16. The van der Waals surface area contributed by atoms with Gasteiger partial charge in [-0.3, -0.25) is 9.20 Å². The van der Waals surface area contributed by atoms with Crippen molar-refractivity contribution in [3.8, 4) is 11.8 Å². The molecule has 8 nitrogen and oxygen atoms in total. The Morgan fingerprint density at radius 2 is 2.08 bits per heavy atom. The van der Waals surface area contributed by atoms with Crippen LogP contribution in [0.3, 0.4) is 0 Å². The van der Waals surface area contributed by atoms with E-state index < -0.39 is 0 Å². The summed E-state index contributed by atoms with van der Waals surface area (Å²) >= 11 is 0. The lowest BCUT2D eigenvalue weighted by Gasteiger charge is -2.33. The summed E-state index contributed by atoms with van der Waals surface area (Å²) in [5.41, 5.74) is 0.545. The lowest BCUT2D eigenvalue weighted by Crippen LogP contribution is -2.42. The van der Waals surface area contributed by atoms with Crippen LogP contribution in [0.15, 0.2) is 47.7 Å². The number of pyridine rings is 1. The minimum absolute atomic E-state index is 0.0619. The van der Waals surface area contributed by atoms with Crippen molar-refractivity contribution in [1.82, 2.24) is 19.4 Å². The van der Waals surface area contributed by atoms with Crippen molar-refractivity contribution in [3.05, 3.63) is 53.2 Å². The molecule has 0 N–H and O–H groups in total. The van der Waals surface area contributed by atoms with Crippen molar-refractivity contribution >= 4 is 11.5 Å². The lowest BCUT2D eigenvalue weighted by atomic mass is 10.1. The number of fused-ring (bicyclic) bond motifs is 1. The molecule has 8 heteroatoms. The highest BCUT2D eigenvalue weighted by Crippen LogP contribution is 2.20. The molecule has 0 amide bonds. The molecule has 26 heavy (non-hydrogen) atoms. The Morgan fingerprint density at radius 3 is 2.88 bits per heavy atom. The molecule has 0 aromatic carbocycles. The predicted molar refractivity (Wildman–Crippen MR) is 95.9 cm³/mol. The highest BCUT2D eigenvalue weighted by Gasteiger charge is 2.23. The van der Waals surface area contributed by atoms with Gasteiger partial charge in [0.05, 0.1) is 26.0 Å². The van der Waals surface area contributed by atoms with Crippen molar-refractivity contribution in [2.24, 2.45) is 0 Å². The highest BCUT2D eigenvalue weighted by molar-refractivity contribution is 5.48. The van der Waals surface area contributed by atoms with Gasteiger partial charge in [-0.15, -0.1) is 0 Å². The zero-order chi connectivity index (χ0) is 17.9. The van der Waals surface area contributed by atoms with Crippen LogP contribution >= 0.6 is 0 Å². The summed E-state index contributed by atoms with van der Waals surface area (Å²) < 4.78 is 12.5. The largest absolute Gasteiger partial charge is 0.494 e. The topological polar surface area (TPSA) is 81.9 Å². The molecule has 1 aliphatic heterocycles. The van der Waals surface area contributed by atoms with Crippen LogP contribution < -0.4 is 19.9 Å². The third-order valence-electron chi connectivity index (χ3n) is 4.37. The van der Waals surface area contributed by atoms with Crippen molar-refractivity contribution in [1.29, 1.82) is 0 Å². The maximum absolute atomic E-state index is 12.3. The molecule has 4 heterocycles. The number of piperidine rings is 1. The van der Waals surface area contributed by atoms with Gasteiger partial charge in [0.2, 0.25) is 0 Å². The highest BCUT2D eigenvalue weighted by atomic mass is 16.5. The first-order valence-corrected chi connectivity index (χ1v) is 8.49. The molecule has 0 saturated carbocycles. The third kappa shape index (κ3) is 3.30. The number of nitrogens with zero attached hydrogens (tertiary/aromatic N) is 5. The molecule has 1 aliphatic rings. The summed E-state index contributed by atoms with van der Waals surface area (Å²) in [6.07, 6.45) is 6.66. The summed E-state index contributed by atoms with van der Waals surface area (Å²) in [7, 11) is 1.57. The van der Waals surface area contributed by atoms with Gasteiger partial charge in [-0.2, -0.15) is 9.97 Å². The number of hydrogen-bond acceptors (Lipinski definition) is 7. The van der Waals surface area contributed by atoms with Crippen molar-refractivity contribution in [2.75, 3.05) is 25.1 Å². The smallest absolute Gasteiger partial charge is 0.316 e. The molecule has 0 aliphatic carbocycles. The molecule has 1 fully saturated rings. The van der Waals surface area contributed by atoms with E-state index in [0.717, 1.165) is 19.4 Å². The molecule has 1 unspecified atom stereocenters. The summed E-state index contributed by atoms with van der Waals surface area (Å²) in [4.78, 5) is 27.3. The molecule has 4 rings (SSSR count). The van der Waals surface area contributed by atoms with Crippen molar-refractivity contribution in [2.45, 2.75) is 18.9 Å². The summed E-state index contributed by atoms with van der Waals surface area (Å²) in [6.45, 7) is 1.46. The van der Waals surface area contributed by atoms with Gasteiger partial charge < -0.3 is 14.4 Å². The van der Waals surface area contributed by atoms with Gasteiger partial charge in [-0.05, 0) is 25.0 Å². The van der Waals surface area contributed by atoms with Crippen LogP contribution in [0.1, 0.15) is 12.8 Å². The van der Waals surface area contributed by atoms with E-state index in [-0.39, 0.29) is 11.7 Å². The minimum Gasteiger partial charge on any atom is -0.494 e.